The molecule has 0 saturated carbocycles. The number of benzene rings is 2. The summed E-state index contributed by atoms with van der Waals surface area (Å²) < 4.78 is 10.8. The number of aliphatic hydroxyl groups excluding tert-OH is 1. The van der Waals surface area contributed by atoms with Gasteiger partial charge in [-0.1, -0.05) is 56.2 Å². The van der Waals surface area contributed by atoms with Crippen molar-refractivity contribution in [3.05, 3.63) is 60.2 Å². The largest absolute Gasteiger partial charge is 0.497 e. The highest BCUT2D eigenvalue weighted by atomic mass is 16.7. The van der Waals surface area contributed by atoms with Crippen LogP contribution in [0.3, 0.4) is 0 Å². The molecule has 2 rings (SSSR count). The van der Waals surface area contributed by atoms with Crippen molar-refractivity contribution in [3.8, 4) is 11.5 Å². The van der Waals surface area contributed by atoms with Gasteiger partial charge in [-0.2, -0.15) is 0 Å². The molecule has 37 heavy (non-hydrogen) atoms. The zero-order valence-electron chi connectivity index (χ0n) is 22.5. The van der Waals surface area contributed by atoms with Crippen LogP contribution in [0.4, 0.5) is 4.79 Å². The van der Waals surface area contributed by atoms with E-state index in [1.807, 2.05) is 48.5 Å². The smallest absolute Gasteiger partial charge is 0.407 e. The lowest BCUT2D eigenvalue weighted by molar-refractivity contribution is -0.117. The highest BCUT2D eigenvalue weighted by molar-refractivity contribution is 5.75. The van der Waals surface area contributed by atoms with E-state index in [0.717, 1.165) is 24.8 Å². The number of ketones is 1. The summed E-state index contributed by atoms with van der Waals surface area (Å²) in [6.45, 7) is 6.19. The average Bonchev–Trinajstić information content (AvgIpc) is 2.87. The Hall–Kier alpha value is -3.10. The van der Waals surface area contributed by atoms with Gasteiger partial charge in [0.2, 0.25) is 0 Å². The topological polar surface area (TPSA) is 97.3 Å². The Morgan fingerprint density at radius 2 is 1.78 bits per heavy atom. The minimum atomic E-state index is -0.937. The molecule has 8 nitrogen and oxygen atoms in total. The van der Waals surface area contributed by atoms with Gasteiger partial charge >= 0.3 is 6.09 Å². The predicted octanol–water partition coefficient (Wildman–Crippen LogP) is 4.94. The number of hydrogen-bond acceptors (Lipinski definition) is 7. The number of nitrogens with one attached hydrogen (secondary N) is 1. The summed E-state index contributed by atoms with van der Waals surface area (Å²) >= 11 is 0. The molecule has 0 aliphatic rings. The summed E-state index contributed by atoms with van der Waals surface area (Å²) in [5.41, 5.74) is 0.975. The van der Waals surface area contributed by atoms with Crippen molar-refractivity contribution < 1.29 is 29.0 Å². The lowest BCUT2D eigenvalue weighted by atomic mass is 10.0. The Labute approximate surface area is 220 Å². The molecule has 2 N–H and O–H groups in total. The number of aliphatic hydroxyl groups is 1. The number of Topliss-reactive ketones (excluding diaryl/α,β-unsaturated/α-hetero) is 1. The fourth-order valence-electron chi connectivity index (χ4n) is 3.84. The molecule has 0 saturated heterocycles. The van der Waals surface area contributed by atoms with Crippen molar-refractivity contribution >= 4 is 11.9 Å². The number of amides is 1. The van der Waals surface area contributed by atoms with Crippen molar-refractivity contribution in [1.82, 2.24) is 10.4 Å². The molecule has 0 aliphatic heterocycles. The van der Waals surface area contributed by atoms with Crippen LogP contribution in [0.5, 0.6) is 11.5 Å². The van der Waals surface area contributed by atoms with Crippen molar-refractivity contribution in [2.75, 3.05) is 20.2 Å². The number of alkyl carbamates (subject to hydrolysis) is 1. The van der Waals surface area contributed by atoms with E-state index < -0.39 is 24.3 Å². The first-order chi connectivity index (χ1) is 17.8. The quantitative estimate of drug-likeness (QED) is 0.228. The van der Waals surface area contributed by atoms with E-state index in [9.17, 15) is 14.7 Å². The predicted molar refractivity (Wildman–Crippen MR) is 144 cm³/mol. The highest BCUT2D eigenvalue weighted by Gasteiger charge is 2.26. The van der Waals surface area contributed by atoms with Gasteiger partial charge in [0.05, 0.1) is 25.8 Å². The molecular weight excluding hydrogens is 472 g/mol. The van der Waals surface area contributed by atoms with Gasteiger partial charge in [-0.15, -0.1) is 5.06 Å². The number of hydroxylamine groups is 2. The van der Waals surface area contributed by atoms with Crippen LogP contribution in [-0.4, -0.2) is 60.5 Å². The monoisotopic (exact) mass is 514 g/mol. The van der Waals surface area contributed by atoms with Gasteiger partial charge in [-0.3, -0.25) is 0 Å². The minimum Gasteiger partial charge on any atom is -0.497 e. The van der Waals surface area contributed by atoms with Crippen molar-refractivity contribution in [2.45, 2.75) is 77.5 Å². The number of hydrogen-bond donors (Lipinski definition) is 2. The Bertz CT molecular complexity index is 939. The van der Waals surface area contributed by atoms with Crippen LogP contribution < -0.4 is 14.9 Å². The van der Waals surface area contributed by atoms with E-state index in [2.05, 4.69) is 12.2 Å². The second-order valence-corrected chi connectivity index (χ2v) is 9.33. The molecule has 1 amide bonds. The van der Waals surface area contributed by atoms with E-state index in [-0.39, 0.29) is 12.3 Å². The SMILES string of the molecule is CCCCCN(CC(O)C(Cc1ccccc1)NC(=O)OC(C)CCC(C)=O)Oc1cccc(OC)c1. The van der Waals surface area contributed by atoms with Crippen LogP contribution in [0, 0.1) is 0 Å². The van der Waals surface area contributed by atoms with Crippen LogP contribution in [0.15, 0.2) is 54.6 Å². The highest BCUT2D eigenvalue weighted by Crippen LogP contribution is 2.20. The van der Waals surface area contributed by atoms with Gasteiger partial charge < -0.3 is 29.5 Å². The maximum absolute atomic E-state index is 12.7. The molecule has 0 radical (unpaired) electrons. The number of carbonyl (C=O) groups excluding carboxylic acids is 2. The van der Waals surface area contributed by atoms with Gasteiger partial charge in [0.15, 0.2) is 5.75 Å². The van der Waals surface area contributed by atoms with E-state index in [1.165, 1.54) is 6.92 Å². The molecule has 2 aromatic rings. The molecule has 0 heterocycles. The summed E-state index contributed by atoms with van der Waals surface area (Å²) in [5, 5.41) is 15.8. The Balaban J connectivity index is 2.12. The molecule has 3 atom stereocenters. The van der Waals surface area contributed by atoms with Gasteiger partial charge in [0.1, 0.15) is 17.6 Å². The maximum Gasteiger partial charge on any atom is 0.407 e. The minimum absolute atomic E-state index is 0.0486. The van der Waals surface area contributed by atoms with Crippen LogP contribution in [-0.2, 0) is 16.0 Å². The number of unbranched alkanes of at least 4 members (excludes halogenated alkanes) is 2. The van der Waals surface area contributed by atoms with E-state index >= 15 is 0 Å². The summed E-state index contributed by atoms with van der Waals surface area (Å²) in [7, 11) is 1.60. The number of nitrogens with zero attached hydrogens (tertiary/aromatic N) is 1. The van der Waals surface area contributed by atoms with Gasteiger partial charge in [-0.25, -0.2) is 4.79 Å². The Morgan fingerprint density at radius 1 is 1.05 bits per heavy atom. The molecule has 204 valence electrons. The molecule has 8 heteroatoms. The number of ether oxygens (including phenoxy) is 2. The van der Waals surface area contributed by atoms with Gasteiger partial charge in [0, 0.05) is 19.0 Å². The first kappa shape index (κ1) is 30.1. The molecule has 0 aliphatic carbocycles. The third-order valence-electron chi connectivity index (χ3n) is 5.95. The first-order valence-electron chi connectivity index (χ1n) is 13.1. The third-order valence-corrected chi connectivity index (χ3v) is 5.95. The van der Waals surface area contributed by atoms with Gasteiger partial charge in [0.25, 0.3) is 0 Å². The van der Waals surface area contributed by atoms with E-state index in [1.54, 1.807) is 25.2 Å². The van der Waals surface area contributed by atoms with Crippen LogP contribution in [0.2, 0.25) is 0 Å². The second kappa shape index (κ2) is 16.6. The number of rotatable bonds is 17. The normalized spacial score (nSPS) is 13.5. The van der Waals surface area contributed by atoms with Crippen molar-refractivity contribution in [1.29, 1.82) is 0 Å². The Kier molecular flexibility index (Phi) is 13.5. The molecule has 0 bridgehead atoms. The number of methoxy groups -OCH3 is 1. The van der Waals surface area contributed by atoms with Crippen LogP contribution in [0.25, 0.3) is 0 Å². The van der Waals surface area contributed by atoms with Crippen molar-refractivity contribution in [3.63, 3.8) is 0 Å². The summed E-state index contributed by atoms with van der Waals surface area (Å²) in [4.78, 5) is 30.0. The molecule has 2 aromatic carbocycles. The fraction of sp³-hybridized carbons (Fsp3) is 0.517. The molecule has 0 fully saturated rings. The zero-order valence-corrected chi connectivity index (χ0v) is 22.5. The maximum atomic E-state index is 12.7. The zero-order chi connectivity index (χ0) is 27.0. The first-order valence-corrected chi connectivity index (χ1v) is 13.1. The van der Waals surface area contributed by atoms with E-state index in [0.29, 0.717) is 37.3 Å². The second-order valence-electron chi connectivity index (χ2n) is 9.33. The summed E-state index contributed by atoms with van der Waals surface area (Å²) in [6.07, 6.45) is 2.23. The number of carbonyl (C=O) groups is 2. The van der Waals surface area contributed by atoms with Crippen molar-refractivity contribution in [2.24, 2.45) is 0 Å². The van der Waals surface area contributed by atoms with E-state index in [4.69, 9.17) is 14.3 Å². The molecule has 0 spiro atoms. The lowest BCUT2D eigenvalue weighted by Crippen LogP contribution is -2.50. The molecule has 0 aromatic heterocycles. The van der Waals surface area contributed by atoms with Crippen LogP contribution >= 0.6 is 0 Å². The summed E-state index contributed by atoms with van der Waals surface area (Å²) in [6, 6.07) is 16.4. The van der Waals surface area contributed by atoms with Crippen LogP contribution in [0.1, 0.15) is 58.4 Å². The van der Waals surface area contributed by atoms with Gasteiger partial charge in [-0.05, 0) is 50.8 Å². The Morgan fingerprint density at radius 3 is 2.46 bits per heavy atom. The fourth-order valence-corrected chi connectivity index (χ4v) is 3.84. The lowest BCUT2D eigenvalue weighted by Gasteiger charge is -2.30. The summed E-state index contributed by atoms with van der Waals surface area (Å²) in [5.74, 6) is 1.33. The standard InChI is InChI=1S/C29H42N2O6/c1-5-6-10-18-31(37-26-15-11-14-25(20-26)35-4)21-28(33)27(19-24-12-8-7-9-13-24)30-29(34)36-23(3)17-16-22(2)32/h7-9,11-15,20,23,27-28,33H,5-6,10,16-19,21H2,1-4H3,(H,30,34). The molecular formula is C29H42N2O6. The molecule has 3 unspecified atom stereocenters. The third kappa shape index (κ3) is 12.1. The average molecular weight is 515 g/mol.